The summed E-state index contributed by atoms with van der Waals surface area (Å²) in [6.45, 7) is 1.16. The Bertz CT molecular complexity index is 587. The normalized spacial score (nSPS) is 19.0. The molecule has 2 aliphatic rings. The van der Waals surface area contributed by atoms with E-state index in [1.807, 2.05) is 0 Å². The largest absolute Gasteiger partial charge is 0.476 e. The number of carboxylic acids is 1. The van der Waals surface area contributed by atoms with Crippen LogP contribution in [0.5, 0.6) is 0 Å². The first kappa shape index (κ1) is 13.8. The van der Waals surface area contributed by atoms with E-state index in [9.17, 15) is 9.59 Å². The Labute approximate surface area is 122 Å². The van der Waals surface area contributed by atoms with Crippen LogP contribution in [-0.4, -0.2) is 50.0 Å². The first-order chi connectivity index (χ1) is 10.1. The van der Waals surface area contributed by atoms with Gasteiger partial charge in [-0.25, -0.2) is 9.48 Å². The minimum atomic E-state index is -1.09. The standard InChI is InChI=1S/C14H18N4O3/c19-13(6-10-4-2-1-3-5-10)17-7-11(8-17)18-9-12(14(20)21)15-16-18/h4,9,11H,1-3,5-8H2,(H,20,21). The molecular formula is C14H18N4O3. The molecule has 1 aliphatic carbocycles. The summed E-state index contributed by atoms with van der Waals surface area (Å²) in [5.74, 6) is -0.935. The maximum Gasteiger partial charge on any atom is 0.358 e. The van der Waals surface area contributed by atoms with Gasteiger partial charge in [0, 0.05) is 19.5 Å². The van der Waals surface area contributed by atoms with E-state index in [1.54, 1.807) is 4.90 Å². The molecule has 21 heavy (non-hydrogen) atoms. The van der Waals surface area contributed by atoms with Gasteiger partial charge in [-0.3, -0.25) is 4.79 Å². The predicted octanol–water partition coefficient (Wildman–Crippen LogP) is 1.25. The van der Waals surface area contributed by atoms with Crippen LogP contribution in [0.2, 0.25) is 0 Å². The molecule has 1 saturated heterocycles. The van der Waals surface area contributed by atoms with Crippen LogP contribution in [0.4, 0.5) is 0 Å². The third-order valence-corrected chi connectivity index (χ3v) is 4.08. The molecule has 7 heteroatoms. The highest BCUT2D eigenvalue weighted by molar-refractivity contribution is 5.84. The van der Waals surface area contributed by atoms with Gasteiger partial charge in [-0.05, 0) is 25.7 Å². The Morgan fingerprint density at radius 1 is 1.33 bits per heavy atom. The molecule has 1 aromatic heterocycles. The van der Waals surface area contributed by atoms with Gasteiger partial charge in [0.05, 0.1) is 12.2 Å². The number of amides is 1. The number of hydrogen-bond donors (Lipinski definition) is 1. The summed E-state index contributed by atoms with van der Waals surface area (Å²) in [7, 11) is 0. The monoisotopic (exact) mass is 290 g/mol. The van der Waals surface area contributed by atoms with Gasteiger partial charge in [0.25, 0.3) is 0 Å². The molecule has 0 spiro atoms. The van der Waals surface area contributed by atoms with Gasteiger partial charge in [-0.2, -0.15) is 0 Å². The van der Waals surface area contributed by atoms with Crippen molar-refractivity contribution < 1.29 is 14.7 Å². The molecule has 0 aromatic carbocycles. The number of likely N-dealkylation sites (tertiary alicyclic amines) is 1. The fourth-order valence-electron chi connectivity index (χ4n) is 2.75. The molecule has 0 saturated carbocycles. The summed E-state index contributed by atoms with van der Waals surface area (Å²) >= 11 is 0. The molecule has 7 nitrogen and oxygen atoms in total. The van der Waals surface area contributed by atoms with Crippen LogP contribution < -0.4 is 0 Å². The van der Waals surface area contributed by atoms with Crippen molar-refractivity contribution in [2.45, 2.75) is 38.1 Å². The lowest BCUT2D eigenvalue weighted by Crippen LogP contribution is -2.51. The van der Waals surface area contributed by atoms with Gasteiger partial charge >= 0.3 is 5.97 Å². The number of hydrogen-bond acceptors (Lipinski definition) is 4. The molecule has 0 atom stereocenters. The molecule has 2 heterocycles. The van der Waals surface area contributed by atoms with Crippen molar-refractivity contribution in [3.8, 4) is 0 Å². The van der Waals surface area contributed by atoms with Crippen molar-refractivity contribution in [2.24, 2.45) is 0 Å². The highest BCUT2D eigenvalue weighted by Crippen LogP contribution is 2.25. The first-order valence-electron chi connectivity index (χ1n) is 7.24. The van der Waals surface area contributed by atoms with Crippen LogP contribution in [0.25, 0.3) is 0 Å². The Morgan fingerprint density at radius 3 is 2.76 bits per heavy atom. The molecule has 1 fully saturated rings. The number of carbonyl (C=O) groups is 2. The van der Waals surface area contributed by atoms with E-state index in [1.165, 1.54) is 29.3 Å². The molecule has 3 rings (SSSR count). The SMILES string of the molecule is O=C(O)c1cn(C2CN(C(=O)CC3=CCCCC3)C2)nn1. The van der Waals surface area contributed by atoms with E-state index in [0.29, 0.717) is 19.5 Å². The summed E-state index contributed by atoms with van der Waals surface area (Å²) in [4.78, 5) is 24.7. The quantitative estimate of drug-likeness (QED) is 0.843. The second-order valence-corrected chi connectivity index (χ2v) is 5.63. The Hall–Kier alpha value is -2.18. The minimum absolute atomic E-state index is 0.0369. The van der Waals surface area contributed by atoms with Crippen LogP contribution in [0.3, 0.4) is 0 Å². The average Bonchev–Trinajstić information content (AvgIpc) is 2.88. The lowest BCUT2D eigenvalue weighted by molar-refractivity contribution is -0.136. The fourth-order valence-corrected chi connectivity index (χ4v) is 2.75. The highest BCUT2D eigenvalue weighted by atomic mass is 16.4. The second-order valence-electron chi connectivity index (χ2n) is 5.63. The lowest BCUT2D eigenvalue weighted by atomic mass is 9.96. The van der Waals surface area contributed by atoms with Crippen LogP contribution in [0.1, 0.15) is 48.6 Å². The Kier molecular flexibility index (Phi) is 3.72. The third-order valence-electron chi connectivity index (χ3n) is 4.08. The zero-order valence-electron chi connectivity index (χ0n) is 11.7. The topological polar surface area (TPSA) is 88.3 Å². The van der Waals surface area contributed by atoms with E-state index < -0.39 is 5.97 Å². The lowest BCUT2D eigenvalue weighted by Gasteiger charge is -2.39. The van der Waals surface area contributed by atoms with Crippen LogP contribution in [0.15, 0.2) is 17.8 Å². The second kappa shape index (κ2) is 5.67. The number of aromatic nitrogens is 3. The van der Waals surface area contributed by atoms with Crippen molar-refractivity contribution in [1.82, 2.24) is 19.9 Å². The molecule has 0 radical (unpaired) electrons. The van der Waals surface area contributed by atoms with Crippen molar-refractivity contribution in [2.75, 3.05) is 13.1 Å². The Morgan fingerprint density at radius 2 is 2.14 bits per heavy atom. The van der Waals surface area contributed by atoms with E-state index in [-0.39, 0.29) is 17.6 Å². The van der Waals surface area contributed by atoms with Gasteiger partial charge in [0.1, 0.15) is 0 Å². The number of aromatic carboxylic acids is 1. The summed E-state index contributed by atoms with van der Waals surface area (Å²) in [5, 5.41) is 16.2. The van der Waals surface area contributed by atoms with E-state index in [4.69, 9.17) is 5.11 Å². The molecule has 1 N–H and O–H groups in total. The highest BCUT2D eigenvalue weighted by Gasteiger charge is 2.33. The minimum Gasteiger partial charge on any atom is -0.476 e. The number of rotatable bonds is 4. The van der Waals surface area contributed by atoms with Gasteiger partial charge in [-0.1, -0.05) is 16.9 Å². The fraction of sp³-hybridized carbons (Fsp3) is 0.571. The third kappa shape index (κ3) is 2.96. The van der Waals surface area contributed by atoms with Gasteiger partial charge in [0.2, 0.25) is 5.91 Å². The summed E-state index contributed by atoms with van der Waals surface area (Å²) in [5.41, 5.74) is 1.19. The van der Waals surface area contributed by atoms with Crippen LogP contribution in [-0.2, 0) is 4.79 Å². The van der Waals surface area contributed by atoms with Crippen molar-refractivity contribution in [3.05, 3.63) is 23.5 Å². The molecule has 0 bridgehead atoms. The van der Waals surface area contributed by atoms with Gasteiger partial charge < -0.3 is 10.0 Å². The predicted molar refractivity (Wildman–Crippen MR) is 73.8 cm³/mol. The summed E-state index contributed by atoms with van der Waals surface area (Å²) in [6.07, 6.45) is 8.65. The van der Waals surface area contributed by atoms with Crippen molar-refractivity contribution in [3.63, 3.8) is 0 Å². The molecule has 1 aromatic rings. The van der Waals surface area contributed by atoms with E-state index in [2.05, 4.69) is 16.4 Å². The van der Waals surface area contributed by atoms with Gasteiger partial charge in [0.15, 0.2) is 5.69 Å². The summed E-state index contributed by atoms with van der Waals surface area (Å²) in [6, 6.07) is 0.0369. The first-order valence-corrected chi connectivity index (χ1v) is 7.24. The average molecular weight is 290 g/mol. The zero-order valence-corrected chi connectivity index (χ0v) is 11.7. The number of nitrogens with zero attached hydrogens (tertiary/aromatic N) is 4. The van der Waals surface area contributed by atoms with E-state index >= 15 is 0 Å². The number of carbonyl (C=O) groups excluding carboxylic acids is 1. The molecule has 0 unspecified atom stereocenters. The molecule has 112 valence electrons. The molecular weight excluding hydrogens is 272 g/mol. The maximum absolute atomic E-state index is 12.1. The molecule has 1 aliphatic heterocycles. The van der Waals surface area contributed by atoms with Crippen molar-refractivity contribution >= 4 is 11.9 Å². The Balaban J connectivity index is 1.51. The summed E-state index contributed by atoms with van der Waals surface area (Å²) < 4.78 is 1.53. The molecule has 1 amide bonds. The van der Waals surface area contributed by atoms with Crippen molar-refractivity contribution in [1.29, 1.82) is 0 Å². The van der Waals surface area contributed by atoms with Crippen LogP contribution in [0, 0.1) is 0 Å². The van der Waals surface area contributed by atoms with Gasteiger partial charge in [-0.15, -0.1) is 5.10 Å². The number of allylic oxidation sites excluding steroid dienone is 1. The maximum atomic E-state index is 12.1. The van der Waals surface area contributed by atoms with E-state index in [0.717, 1.165) is 12.8 Å². The zero-order chi connectivity index (χ0) is 14.8. The number of carboxylic acid groups (broad SMARTS) is 1. The van der Waals surface area contributed by atoms with Crippen LogP contribution >= 0.6 is 0 Å². The smallest absolute Gasteiger partial charge is 0.358 e.